The van der Waals surface area contributed by atoms with Crippen LogP contribution in [0, 0.1) is 0 Å². The van der Waals surface area contributed by atoms with Crippen LogP contribution in [0.3, 0.4) is 0 Å². The third kappa shape index (κ3) is 4.12. The molecule has 1 atom stereocenters. The van der Waals surface area contributed by atoms with Gasteiger partial charge in [0, 0.05) is 17.5 Å². The van der Waals surface area contributed by atoms with Gasteiger partial charge in [0.25, 0.3) is 5.89 Å². The van der Waals surface area contributed by atoms with E-state index >= 15 is 0 Å². The second-order valence-electron chi connectivity index (χ2n) is 4.43. The van der Waals surface area contributed by atoms with Crippen molar-refractivity contribution in [3.05, 3.63) is 29.0 Å². The molecule has 0 aliphatic heterocycles. The third-order valence-electron chi connectivity index (χ3n) is 2.84. The Bertz CT molecular complexity index is 607. The van der Waals surface area contributed by atoms with Gasteiger partial charge in [-0.25, -0.2) is 0 Å². The molecule has 0 bridgehead atoms. The van der Waals surface area contributed by atoms with Crippen molar-refractivity contribution in [2.75, 3.05) is 7.05 Å². The van der Waals surface area contributed by atoms with Crippen molar-refractivity contribution >= 4 is 11.6 Å². The zero-order valence-corrected chi connectivity index (χ0v) is 12.2. The van der Waals surface area contributed by atoms with Crippen molar-refractivity contribution < 1.29 is 18.0 Å². The van der Waals surface area contributed by atoms with E-state index in [9.17, 15) is 8.78 Å². The first-order valence-electron chi connectivity index (χ1n) is 6.24. The fraction of sp³-hybridized carbons (Fsp3) is 0.385. The molecule has 0 aliphatic carbocycles. The lowest BCUT2D eigenvalue weighted by Crippen LogP contribution is -2.24. The summed E-state index contributed by atoms with van der Waals surface area (Å²) < 4.78 is 34.4. The standard InChI is InChI=1S/C13H14ClF2N3O2/c1-7(17-2)5-11-18-12(21-19-11)9-6-8(14)3-4-10(9)20-13(15)16/h3-4,6-7,13,17H,5H2,1-2H3. The smallest absolute Gasteiger partial charge is 0.387 e. The zero-order chi connectivity index (χ0) is 15.4. The van der Waals surface area contributed by atoms with Gasteiger partial charge in [-0.1, -0.05) is 16.8 Å². The van der Waals surface area contributed by atoms with Gasteiger partial charge in [0.2, 0.25) is 0 Å². The minimum Gasteiger partial charge on any atom is -0.434 e. The monoisotopic (exact) mass is 317 g/mol. The van der Waals surface area contributed by atoms with Crippen LogP contribution in [-0.4, -0.2) is 29.8 Å². The molecule has 1 aromatic carbocycles. The van der Waals surface area contributed by atoms with Crippen molar-refractivity contribution in [3.8, 4) is 17.2 Å². The molecule has 2 rings (SSSR count). The highest BCUT2D eigenvalue weighted by Gasteiger charge is 2.18. The largest absolute Gasteiger partial charge is 0.434 e. The van der Waals surface area contributed by atoms with Gasteiger partial charge in [0.1, 0.15) is 5.75 Å². The minimum atomic E-state index is -2.95. The number of ether oxygens (including phenoxy) is 1. The molecule has 1 unspecified atom stereocenters. The highest BCUT2D eigenvalue weighted by molar-refractivity contribution is 6.30. The highest BCUT2D eigenvalue weighted by atomic mass is 35.5. The minimum absolute atomic E-state index is 0.0636. The molecule has 1 aromatic heterocycles. The molecule has 0 saturated carbocycles. The maximum absolute atomic E-state index is 12.4. The van der Waals surface area contributed by atoms with Crippen molar-refractivity contribution in [2.45, 2.75) is 26.0 Å². The lowest BCUT2D eigenvalue weighted by atomic mass is 10.2. The zero-order valence-electron chi connectivity index (χ0n) is 11.4. The van der Waals surface area contributed by atoms with E-state index < -0.39 is 6.61 Å². The van der Waals surface area contributed by atoms with E-state index in [4.69, 9.17) is 16.1 Å². The first-order chi connectivity index (χ1) is 9.99. The Balaban J connectivity index is 2.30. The molecule has 21 heavy (non-hydrogen) atoms. The van der Waals surface area contributed by atoms with Crippen LogP contribution in [0.15, 0.2) is 22.7 Å². The molecular weight excluding hydrogens is 304 g/mol. The number of hydrogen-bond donors (Lipinski definition) is 1. The van der Waals surface area contributed by atoms with E-state index in [1.807, 2.05) is 14.0 Å². The first kappa shape index (κ1) is 15.7. The molecule has 2 aromatic rings. The quantitative estimate of drug-likeness (QED) is 0.887. The van der Waals surface area contributed by atoms with E-state index in [1.54, 1.807) is 0 Å². The van der Waals surface area contributed by atoms with Crippen LogP contribution < -0.4 is 10.1 Å². The van der Waals surface area contributed by atoms with Gasteiger partial charge < -0.3 is 14.6 Å². The number of hydrogen-bond acceptors (Lipinski definition) is 5. The Hall–Kier alpha value is -1.73. The summed E-state index contributed by atoms with van der Waals surface area (Å²) in [5.41, 5.74) is 0.235. The Morgan fingerprint density at radius 2 is 2.19 bits per heavy atom. The fourth-order valence-corrected chi connectivity index (χ4v) is 1.86. The lowest BCUT2D eigenvalue weighted by Gasteiger charge is -2.08. The fourth-order valence-electron chi connectivity index (χ4n) is 1.69. The summed E-state index contributed by atoms with van der Waals surface area (Å²) in [5.74, 6) is 0.493. The number of nitrogens with one attached hydrogen (secondary N) is 1. The van der Waals surface area contributed by atoms with Crippen LogP contribution in [0.2, 0.25) is 5.02 Å². The molecule has 0 aliphatic rings. The second-order valence-corrected chi connectivity index (χ2v) is 4.87. The molecule has 0 amide bonds. The summed E-state index contributed by atoms with van der Waals surface area (Å²) in [6.45, 7) is -0.988. The molecular formula is C13H14ClF2N3O2. The topological polar surface area (TPSA) is 60.2 Å². The average Bonchev–Trinajstić information content (AvgIpc) is 2.88. The summed E-state index contributed by atoms with van der Waals surface area (Å²) >= 11 is 5.87. The van der Waals surface area contributed by atoms with Crippen LogP contribution in [0.25, 0.3) is 11.5 Å². The van der Waals surface area contributed by atoms with E-state index in [0.717, 1.165) is 0 Å². The highest BCUT2D eigenvalue weighted by Crippen LogP contribution is 2.32. The Labute approximate surface area is 125 Å². The van der Waals surface area contributed by atoms with Crippen LogP contribution >= 0.6 is 11.6 Å². The molecule has 5 nitrogen and oxygen atoms in total. The second kappa shape index (κ2) is 6.82. The molecule has 114 valence electrons. The molecule has 0 saturated heterocycles. The van der Waals surface area contributed by atoms with Crippen LogP contribution in [0.4, 0.5) is 8.78 Å². The molecule has 1 N–H and O–H groups in total. The van der Waals surface area contributed by atoms with Gasteiger partial charge in [0.05, 0.1) is 5.56 Å². The summed E-state index contributed by atoms with van der Waals surface area (Å²) in [4.78, 5) is 4.18. The molecule has 1 heterocycles. The van der Waals surface area contributed by atoms with E-state index in [-0.39, 0.29) is 23.2 Å². The van der Waals surface area contributed by atoms with Gasteiger partial charge in [-0.15, -0.1) is 0 Å². The predicted octanol–water partition coefficient (Wildman–Crippen LogP) is 3.14. The summed E-state index contributed by atoms with van der Waals surface area (Å²) in [5, 5.41) is 7.22. The average molecular weight is 318 g/mol. The Morgan fingerprint density at radius 1 is 1.43 bits per heavy atom. The van der Waals surface area contributed by atoms with Gasteiger partial charge in [-0.05, 0) is 32.2 Å². The number of alkyl halides is 2. The normalized spacial score (nSPS) is 12.7. The van der Waals surface area contributed by atoms with Gasteiger partial charge in [0.15, 0.2) is 5.82 Å². The number of nitrogens with zero attached hydrogens (tertiary/aromatic N) is 2. The van der Waals surface area contributed by atoms with Crippen molar-refractivity contribution in [3.63, 3.8) is 0 Å². The number of halogens is 3. The maximum atomic E-state index is 12.4. The van der Waals surface area contributed by atoms with E-state index in [2.05, 4.69) is 20.2 Å². The molecule has 8 heteroatoms. The third-order valence-corrected chi connectivity index (χ3v) is 3.07. The number of benzene rings is 1. The van der Waals surface area contributed by atoms with Crippen LogP contribution in [-0.2, 0) is 6.42 Å². The molecule has 0 radical (unpaired) electrons. The number of rotatable bonds is 6. The van der Waals surface area contributed by atoms with Crippen molar-refractivity contribution in [2.24, 2.45) is 0 Å². The van der Waals surface area contributed by atoms with E-state index in [0.29, 0.717) is 17.3 Å². The summed E-state index contributed by atoms with van der Waals surface area (Å²) in [7, 11) is 1.82. The first-order valence-corrected chi connectivity index (χ1v) is 6.62. The maximum Gasteiger partial charge on any atom is 0.387 e. The lowest BCUT2D eigenvalue weighted by molar-refractivity contribution is -0.0495. The molecule has 0 fully saturated rings. The van der Waals surface area contributed by atoms with Gasteiger partial charge in [-0.2, -0.15) is 13.8 Å². The number of aromatic nitrogens is 2. The number of likely N-dealkylation sites (N-methyl/N-ethyl adjacent to an activating group) is 1. The van der Waals surface area contributed by atoms with Crippen molar-refractivity contribution in [1.29, 1.82) is 0 Å². The Kier molecular flexibility index (Phi) is 5.08. The Morgan fingerprint density at radius 3 is 2.86 bits per heavy atom. The summed E-state index contributed by atoms with van der Waals surface area (Å²) in [6.07, 6.45) is 0.547. The van der Waals surface area contributed by atoms with Crippen LogP contribution in [0.1, 0.15) is 12.7 Å². The van der Waals surface area contributed by atoms with Gasteiger partial charge in [-0.3, -0.25) is 0 Å². The van der Waals surface area contributed by atoms with Crippen molar-refractivity contribution in [1.82, 2.24) is 15.5 Å². The van der Waals surface area contributed by atoms with E-state index in [1.165, 1.54) is 18.2 Å². The van der Waals surface area contributed by atoms with Crippen LogP contribution in [0.5, 0.6) is 5.75 Å². The SMILES string of the molecule is CNC(C)Cc1noc(-c2cc(Cl)ccc2OC(F)F)n1. The van der Waals surface area contributed by atoms with Gasteiger partial charge >= 0.3 is 6.61 Å². The summed E-state index contributed by atoms with van der Waals surface area (Å²) in [6, 6.07) is 4.39. The molecule has 0 spiro atoms. The predicted molar refractivity (Wildman–Crippen MR) is 73.6 cm³/mol.